The molecule has 2 saturated carbocycles. The summed E-state index contributed by atoms with van der Waals surface area (Å²) in [6.07, 6.45) is 4.60. The van der Waals surface area contributed by atoms with Gasteiger partial charge in [0.25, 0.3) is 5.89 Å². The van der Waals surface area contributed by atoms with E-state index in [1.54, 1.807) is 24.3 Å². The van der Waals surface area contributed by atoms with Gasteiger partial charge in [0.05, 0.1) is 10.4 Å². The zero-order valence-corrected chi connectivity index (χ0v) is 14.6. The van der Waals surface area contributed by atoms with Crippen LogP contribution in [0.1, 0.15) is 37.9 Å². The number of benzene rings is 1. The van der Waals surface area contributed by atoms with Crippen LogP contribution in [-0.4, -0.2) is 24.6 Å². The van der Waals surface area contributed by atoms with Gasteiger partial charge in [0.1, 0.15) is 0 Å². The number of sulfonamides is 1. The van der Waals surface area contributed by atoms with Crippen LogP contribution in [0.25, 0.3) is 11.5 Å². The first kappa shape index (κ1) is 17.3. The van der Waals surface area contributed by atoms with Crippen molar-refractivity contribution in [3.8, 4) is 11.5 Å². The molecule has 3 N–H and O–H groups in total. The van der Waals surface area contributed by atoms with Gasteiger partial charge in [0.2, 0.25) is 10.0 Å². The van der Waals surface area contributed by atoms with Gasteiger partial charge in [-0.1, -0.05) is 5.16 Å². The van der Waals surface area contributed by atoms with Crippen LogP contribution < -0.4 is 10.5 Å². The predicted octanol–water partition coefficient (Wildman–Crippen LogP) is 1.94. The van der Waals surface area contributed by atoms with Gasteiger partial charge in [-0.05, 0) is 56.4 Å². The van der Waals surface area contributed by atoms with Gasteiger partial charge in [0, 0.05) is 11.6 Å². The van der Waals surface area contributed by atoms with E-state index in [-0.39, 0.29) is 23.3 Å². The van der Waals surface area contributed by atoms with Crippen LogP contribution in [0.15, 0.2) is 33.7 Å². The van der Waals surface area contributed by atoms with Crippen LogP contribution in [-0.2, 0) is 15.6 Å². The van der Waals surface area contributed by atoms with Gasteiger partial charge in [-0.25, -0.2) is 13.1 Å². The number of rotatable bonds is 5. The SMILES string of the molecule is Cl.NC1(c2noc(-c3ccc(S(=O)(=O)NC4CC4)cc3)n2)CCC1. The smallest absolute Gasteiger partial charge is 0.257 e. The highest BCUT2D eigenvalue weighted by Crippen LogP contribution is 2.37. The second kappa shape index (κ2) is 6.11. The van der Waals surface area contributed by atoms with E-state index < -0.39 is 15.6 Å². The standard InChI is InChI=1S/C15H18N4O3S.ClH/c16-15(8-1-9-15)14-17-13(22-18-14)10-2-6-12(7-3-10)23(20,21)19-11-4-5-11;/h2-3,6-7,11,19H,1,4-5,8-9,16H2;1H. The summed E-state index contributed by atoms with van der Waals surface area (Å²) in [4.78, 5) is 4.59. The van der Waals surface area contributed by atoms with E-state index in [0.29, 0.717) is 17.3 Å². The first-order valence-corrected chi connectivity index (χ1v) is 9.20. The molecule has 2 aliphatic rings. The van der Waals surface area contributed by atoms with E-state index >= 15 is 0 Å². The molecule has 24 heavy (non-hydrogen) atoms. The molecule has 2 aliphatic carbocycles. The number of nitrogens with two attached hydrogens (primary N) is 1. The number of halogens is 1. The predicted molar refractivity (Wildman–Crippen MR) is 90.0 cm³/mol. The summed E-state index contributed by atoms with van der Waals surface area (Å²) in [5, 5.41) is 3.96. The molecule has 0 atom stereocenters. The molecule has 0 spiro atoms. The Morgan fingerprint density at radius 2 is 1.88 bits per heavy atom. The monoisotopic (exact) mass is 370 g/mol. The summed E-state index contributed by atoms with van der Waals surface area (Å²) in [7, 11) is -3.45. The van der Waals surface area contributed by atoms with Gasteiger partial charge in [-0.2, -0.15) is 4.98 Å². The lowest BCUT2D eigenvalue weighted by atomic mass is 9.77. The fraction of sp³-hybridized carbons (Fsp3) is 0.467. The summed E-state index contributed by atoms with van der Waals surface area (Å²) in [6.45, 7) is 0. The number of nitrogens with zero attached hydrogens (tertiary/aromatic N) is 2. The first-order valence-electron chi connectivity index (χ1n) is 7.72. The zero-order valence-electron chi connectivity index (χ0n) is 12.9. The van der Waals surface area contributed by atoms with Crippen molar-refractivity contribution in [2.75, 3.05) is 0 Å². The largest absolute Gasteiger partial charge is 0.334 e. The lowest BCUT2D eigenvalue weighted by Crippen LogP contribution is -2.44. The van der Waals surface area contributed by atoms with E-state index in [2.05, 4.69) is 14.9 Å². The Hall–Kier alpha value is -1.48. The summed E-state index contributed by atoms with van der Waals surface area (Å²) in [6, 6.07) is 6.52. The van der Waals surface area contributed by atoms with Crippen molar-refractivity contribution in [2.45, 2.75) is 48.6 Å². The Balaban J connectivity index is 0.00000169. The Kier molecular flexibility index (Phi) is 4.41. The molecule has 0 unspecified atom stereocenters. The van der Waals surface area contributed by atoms with Crippen LogP contribution in [0.4, 0.5) is 0 Å². The maximum absolute atomic E-state index is 12.1. The molecule has 1 aromatic carbocycles. The van der Waals surface area contributed by atoms with Crippen LogP contribution in [0.3, 0.4) is 0 Å². The molecule has 1 heterocycles. The Bertz CT molecular complexity index is 827. The van der Waals surface area contributed by atoms with E-state index in [4.69, 9.17) is 10.3 Å². The molecule has 7 nitrogen and oxygen atoms in total. The minimum atomic E-state index is -3.45. The molecule has 4 rings (SSSR count). The van der Waals surface area contributed by atoms with Gasteiger partial charge < -0.3 is 10.3 Å². The molecular formula is C15H19ClN4O3S. The zero-order chi connectivity index (χ0) is 16.1. The minimum Gasteiger partial charge on any atom is -0.334 e. The summed E-state index contributed by atoms with van der Waals surface area (Å²) in [5.74, 6) is 0.877. The van der Waals surface area contributed by atoms with E-state index in [1.807, 2.05) is 0 Å². The topological polar surface area (TPSA) is 111 Å². The number of hydrogen-bond donors (Lipinski definition) is 2. The fourth-order valence-corrected chi connectivity index (χ4v) is 3.89. The van der Waals surface area contributed by atoms with Crippen molar-refractivity contribution in [2.24, 2.45) is 5.73 Å². The third-order valence-corrected chi connectivity index (χ3v) is 5.96. The second-order valence-electron chi connectivity index (χ2n) is 6.35. The normalized spacial score (nSPS) is 19.4. The molecule has 0 saturated heterocycles. The van der Waals surface area contributed by atoms with E-state index in [0.717, 1.165) is 32.1 Å². The fourth-order valence-electron chi connectivity index (χ4n) is 2.59. The highest BCUT2D eigenvalue weighted by Gasteiger charge is 2.39. The first-order chi connectivity index (χ1) is 11.0. The molecule has 0 bridgehead atoms. The molecule has 0 radical (unpaired) electrons. The average molecular weight is 371 g/mol. The third-order valence-electron chi connectivity index (χ3n) is 4.43. The van der Waals surface area contributed by atoms with Crippen LogP contribution in [0, 0.1) is 0 Å². The van der Waals surface area contributed by atoms with Crippen molar-refractivity contribution >= 4 is 22.4 Å². The highest BCUT2D eigenvalue weighted by molar-refractivity contribution is 7.89. The van der Waals surface area contributed by atoms with Crippen LogP contribution >= 0.6 is 12.4 Å². The Labute approximate surface area is 146 Å². The van der Waals surface area contributed by atoms with E-state index in [9.17, 15) is 8.42 Å². The van der Waals surface area contributed by atoms with E-state index in [1.165, 1.54) is 0 Å². The maximum atomic E-state index is 12.1. The number of aromatic nitrogens is 2. The van der Waals surface area contributed by atoms with Gasteiger partial charge in [0.15, 0.2) is 5.82 Å². The number of hydrogen-bond acceptors (Lipinski definition) is 6. The van der Waals surface area contributed by atoms with Gasteiger partial charge in [-0.3, -0.25) is 0 Å². The quantitative estimate of drug-likeness (QED) is 0.831. The number of nitrogens with one attached hydrogen (secondary N) is 1. The maximum Gasteiger partial charge on any atom is 0.257 e. The molecule has 9 heteroatoms. The molecule has 0 aliphatic heterocycles. The van der Waals surface area contributed by atoms with Crippen molar-refractivity contribution < 1.29 is 12.9 Å². The lowest BCUT2D eigenvalue weighted by molar-refractivity contribution is 0.229. The highest BCUT2D eigenvalue weighted by atomic mass is 35.5. The lowest BCUT2D eigenvalue weighted by Gasteiger charge is -2.34. The average Bonchev–Trinajstić information content (AvgIpc) is 3.16. The van der Waals surface area contributed by atoms with Crippen molar-refractivity contribution in [1.29, 1.82) is 0 Å². The summed E-state index contributed by atoms with van der Waals surface area (Å²) >= 11 is 0. The second-order valence-corrected chi connectivity index (χ2v) is 8.07. The summed E-state index contributed by atoms with van der Waals surface area (Å²) in [5.41, 5.74) is 6.38. The molecule has 0 amide bonds. The molecule has 2 aromatic rings. The van der Waals surface area contributed by atoms with Crippen LogP contribution in [0.5, 0.6) is 0 Å². The molecule has 130 valence electrons. The van der Waals surface area contributed by atoms with Crippen molar-refractivity contribution in [1.82, 2.24) is 14.9 Å². The molecular weight excluding hydrogens is 352 g/mol. The Morgan fingerprint density at radius 1 is 1.21 bits per heavy atom. The third kappa shape index (κ3) is 3.19. The molecule has 2 fully saturated rings. The minimum absolute atomic E-state index is 0. The van der Waals surface area contributed by atoms with Gasteiger partial charge in [-0.15, -0.1) is 12.4 Å². The van der Waals surface area contributed by atoms with Crippen LogP contribution in [0.2, 0.25) is 0 Å². The van der Waals surface area contributed by atoms with Gasteiger partial charge >= 0.3 is 0 Å². The summed E-state index contributed by atoms with van der Waals surface area (Å²) < 4.78 is 32.2. The van der Waals surface area contributed by atoms with Crippen molar-refractivity contribution in [3.05, 3.63) is 30.1 Å². The molecule has 1 aromatic heterocycles. The van der Waals surface area contributed by atoms with Crippen molar-refractivity contribution in [3.63, 3.8) is 0 Å². The Morgan fingerprint density at radius 3 is 2.42 bits per heavy atom.